The Morgan fingerprint density at radius 1 is 1.19 bits per heavy atom. The highest BCUT2D eigenvalue weighted by atomic mass is 32.2. The maximum atomic E-state index is 13.9. The van der Waals surface area contributed by atoms with E-state index in [4.69, 9.17) is 5.73 Å². The Kier molecular flexibility index (Phi) is 6.10. The van der Waals surface area contributed by atoms with Gasteiger partial charge in [0, 0.05) is 18.3 Å². The molecule has 0 aromatic heterocycles. The molecule has 120 valence electrons. The number of nitrogen functional groups attached to an aromatic ring is 1. The van der Waals surface area contributed by atoms with Crippen LogP contribution in [0.2, 0.25) is 0 Å². The predicted octanol–water partition coefficient (Wildman–Crippen LogP) is 3.14. The lowest BCUT2D eigenvalue weighted by Crippen LogP contribution is -2.38. The second-order valence-electron chi connectivity index (χ2n) is 5.23. The Morgan fingerprint density at radius 3 is 2.14 bits per heavy atom. The monoisotopic (exact) mass is 320 g/mol. The number of halogens is 2. The Labute approximate surface area is 125 Å². The highest BCUT2D eigenvalue weighted by Gasteiger charge is 2.32. The second kappa shape index (κ2) is 7.17. The predicted molar refractivity (Wildman–Crippen MR) is 79.3 cm³/mol. The highest BCUT2D eigenvalue weighted by molar-refractivity contribution is 7.89. The third kappa shape index (κ3) is 4.14. The molecule has 0 radical (unpaired) electrons. The van der Waals surface area contributed by atoms with Gasteiger partial charge in [-0.1, -0.05) is 19.8 Å². The molecule has 0 aliphatic carbocycles. The summed E-state index contributed by atoms with van der Waals surface area (Å²) in [5, 5.41) is 0. The summed E-state index contributed by atoms with van der Waals surface area (Å²) in [7, 11) is -4.23. The van der Waals surface area contributed by atoms with E-state index in [2.05, 4.69) is 0 Å². The van der Waals surface area contributed by atoms with Crippen LogP contribution in [0, 0.1) is 11.6 Å². The van der Waals surface area contributed by atoms with Gasteiger partial charge in [0.2, 0.25) is 10.0 Å². The van der Waals surface area contributed by atoms with Gasteiger partial charge < -0.3 is 5.73 Å². The zero-order valence-corrected chi connectivity index (χ0v) is 13.4. The third-order valence-electron chi connectivity index (χ3n) is 3.15. The molecule has 0 amide bonds. The molecule has 1 aromatic carbocycles. The minimum atomic E-state index is -4.23. The summed E-state index contributed by atoms with van der Waals surface area (Å²) >= 11 is 0. The number of rotatable bonds is 7. The number of unbranched alkanes of at least 4 members (excludes halogenated alkanes) is 2. The van der Waals surface area contributed by atoms with E-state index >= 15 is 0 Å². The van der Waals surface area contributed by atoms with E-state index in [9.17, 15) is 17.2 Å². The number of benzene rings is 1. The first kappa shape index (κ1) is 17.8. The molecule has 0 saturated carbocycles. The number of anilines is 1. The molecular formula is C14H22F2N2O2S. The molecule has 0 aliphatic heterocycles. The van der Waals surface area contributed by atoms with Gasteiger partial charge in [-0.3, -0.25) is 0 Å². The van der Waals surface area contributed by atoms with Crippen molar-refractivity contribution in [1.29, 1.82) is 0 Å². The first-order chi connectivity index (χ1) is 9.71. The molecule has 4 nitrogen and oxygen atoms in total. The van der Waals surface area contributed by atoms with Crippen molar-refractivity contribution in [2.75, 3.05) is 12.3 Å². The summed E-state index contributed by atoms with van der Waals surface area (Å²) in [6, 6.07) is 1.25. The molecule has 0 unspecified atom stereocenters. The quantitative estimate of drug-likeness (QED) is 0.620. The summed E-state index contributed by atoms with van der Waals surface area (Å²) < 4.78 is 54.0. The molecule has 0 atom stereocenters. The fourth-order valence-electron chi connectivity index (χ4n) is 2.12. The van der Waals surface area contributed by atoms with E-state index in [1.54, 1.807) is 13.8 Å². The Bertz CT molecular complexity index is 566. The number of sulfonamides is 1. The molecule has 7 heteroatoms. The van der Waals surface area contributed by atoms with Crippen LogP contribution in [0.1, 0.15) is 40.0 Å². The zero-order chi connectivity index (χ0) is 16.2. The van der Waals surface area contributed by atoms with Gasteiger partial charge in [-0.15, -0.1) is 0 Å². The number of nitrogens with two attached hydrogens (primary N) is 1. The average molecular weight is 320 g/mol. The smallest absolute Gasteiger partial charge is 0.249 e. The van der Waals surface area contributed by atoms with Crippen LogP contribution in [-0.4, -0.2) is 25.3 Å². The van der Waals surface area contributed by atoms with Gasteiger partial charge in [-0.05, 0) is 32.4 Å². The maximum absolute atomic E-state index is 13.9. The lowest BCUT2D eigenvalue weighted by Gasteiger charge is -2.26. The van der Waals surface area contributed by atoms with Crippen LogP contribution in [0.15, 0.2) is 17.0 Å². The van der Waals surface area contributed by atoms with Crippen molar-refractivity contribution in [3.63, 3.8) is 0 Å². The molecule has 1 aromatic rings. The van der Waals surface area contributed by atoms with Gasteiger partial charge in [0.25, 0.3) is 0 Å². The first-order valence-electron chi connectivity index (χ1n) is 6.98. The van der Waals surface area contributed by atoms with Crippen LogP contribution >= 0.6 is 0 Å². The summed E-state index contributed by atoms with van der Waals surface area (Å²) in [5.74, 6) is -2.32. The maximum Gasteiger partial charge on any atom is 0.249 e. The first-order valence-corrected chi connectivity index (χ1v) is 8.42. The van der Waals surface area contributed by atoms with Crippen LogP contribution in [0.3, 0.4) is 0 Å². The van der Waals surface area contributed by atoms with Crippen molar-refractivity contribution < 1.29 is 17.2 Å². The molecular weight excluding hydrogens is 298 g/mol. The molecule has 0 fully saturated rings. The zero-order valence-electron chi connectivity index (χ0n) is 12.6. The van der Waals surface area contributed by atoms with Crippen molar-refractivity contribution in [3.05, 3.63) is 23.8 Å². The summed E-state index contributed by atoms with van der Waals surface area (Å²) in [4.78, 5) is -0.929. The van der Waals surface area contributed by atoms with Gasteiger partial charge in [-0.25, -0.2) is 17.2 Å². The van der Waals surface area contributed by atoms with Gasteiger partial charge in [0.1, 0.15) is 11.6 Å². The van der Waals surface area contributed by atoms with Crippen molar-refractivity contribution in [2.45, 2.75) is 51.0 Å². The second-order valence-corrected chi connectivity index (χ2v) is 7.06. The van der Waals surface area contributed by atoms with Crippen molar-refractivity contribution in [1.82, 2.24) is 4.31 Å². The van der Waals surface area contributed by atoms with Crippen LogP contribution < -0.4 is 5.73 Å². The number of hydrogen-bond acceptors (Lipinski definition) is 3. The molecule has 0 saturated heterocycles. The standard InChI is InChI=1S/C14H22F2N2O2S/c1-4-5-6-7-18(10(2)3)21(19,20)14-12(15)8-11(17)9-13(14)16/h8-10H,4-7,17H2,1-3H3. The van der Waals surface area contributed by atoms with Crippen LogP contribution in [0.4, 0.5) is 14.5 Å². The van der Waals surface area contributed by atoms with Gasteiger partial charge in [0.05, 0.1) is 0 Å². The highest BCUT2D eigenvalue weighted by Crippen LogP contribution is 2.26. The molecule has 0 spiro atoms. The lowest BCUT2D eigenvalue weighted by molar-refractivity contribution is 0.341. The molecule has 0 aliphatic rings. The number of nitrogens with zero attached hydrogens (tertiary/aromatic N) is 1. The normalized spacial score (nSPS) is 12.3. The Hall–Kier alpha value is -1.21. The van der Waals surface area contributed by atoms with E-state index in [0.717, 1.165) is 29.3 Å². The fourth-order valence-corrected chi connectivity index (χ4v) is 3.89. The van der Waals surface area contributed by atoms with E-state index in [0.29, 0.717) is 6.42 Å². The van der Waals surface area contributed by atoms with Crippen molar-refractivity contribution in [2.24, 2.45) is 0 Å². The average Bonchev–Trinajstić information content (AvgIpc) is 2.31. The molecule has 0 bridgehead atoms. The van der Waals surface area contributed by atoms with Crippen molar-refractivity contribution >= 4 is 15.7 Å². The van der Waals surface area contributed by atoms with Gasteiger partial charge in [0.15, 0.2) is 4.90 Å². The van der Waals surface area contributed by atoms with E-state index in [1.165, 1.54) is 0 Å². The van der Waals surface area contributed by atoms with Gasteiger partial charge in [-0.2, -0.15) is 4.31 Å². The molecule has 2 N–H and O–H groups in total. The third-order valence-corrected chi connectivity index (χ3v) is 5.27. The summed E-state index contributed by atoms with van der Waals surface area (Å²) in [6.07, 6.45) is 2.42. The lowest BCUT2D eigenvalue weighted by atomic mass is 10.2. The van der Waals surface area contributed by atoms with Crippen molar-refractivity contribution in [3.8, 4) is 0 Å². The van der Waals surface area contributed by atoms with Gasteiger partial charge >= 0.3 is 0 Å². The largest absolute Gasteiger partial charge is 0.399 e. The van der Waals surface area contributed by atoms with Crippen LogP contribution in [-0.2, 0) is 10.0 Å². The van der Waals surface area contributed by atoms with E-state index in [-0.39, 0.29) is 18.3 Å². The fraction of sp³-hybridized carbons (Fsp3) is 0.571. The van der Waals surface area contributed by atoms with E-state index in [1.807, 2.05) is 6.92 Å². The van der Waals surface area contributed by atoms with E-state index < -0.39 is 26.6 Å². The minimum Gasteiger partial charge on any atom is -0.399 e. The SMILES string of the molecule is CCCCCN(C(C)C)S(=O)(=O)c1c(F)cc(N)cc1F. The Balaban J connectivity index is 3.23. The number of hydrogen-bond donors (Lipinski definition) is 1. The molecule has 21 heavy (non-hydrogen) atoms. The molecule has 0 heterocycles. The summed E-state index contributed by atoms with van der Waals surface area (Å²) in [5.41, 5.74) is 5.17. The van der Waals surface area contributed by atoms with Crippen LogP contribution in [0.5, 0.6) is 0 Å². The Morgan fingerprint density at radius 2 is 1.71 bits per heavy atom. The topological polar surface area (TPSA) is 63.4 Å². The molecule has 1 rings (SSSR count). The summed E-state index contributed by atoms with van der Waals surface area (Å²) in [6.45, 7) is 5.58. The van der Waals surface area contributed by atoms with Crippen LogP contribution in [0.25, 0.3) is 0 Å². The minimum absolute atomic E-state index is 0.147.